The summed E-state index contributed by atoms with van der Waals surface area (Å²) >= 11 is 11.7. The maximum Gasteiger partial charge on any atom is 0.162 e. The zero-order valence-electron chi connectivity index (χ0n) is 11.7. The number of nitrogens with one attached hydrogen (secondary N) is 1. The highest BCUT2D eigenvalue weighted by molar-refractivity contribution is 9.10. The molecule has 6 heteroatoms. The number of rotatable bonds is 3. The second kappa shape index (κ2) is 6.16. The molecule has 1 aromatic heterocycles. The summed E-state index contributed by atoms with van der Waals surface area (Å²) in [5, 5.41) is 6.23. The zero-order chi connectivity index (χ0) is 15.0. The van der Waals surface area contributed by atoms with Gasteiger partial charge >= 0.3 is 0 Å². The Kier molecular flexibility index (Phi) is 4.45. The van der Waals surface area contributed by atoms with E-state index in [2.05, 4.69) is 26.6 Å². The van der Waals surface area contributed by atoms with Crippen molar-refractivity contribution in [2.45, 2.75) is 13.0 Å². The third kappa shape index (κ3) is 2.80. The summed E-state index contributed by atoms with van der Waals surface area (Å²) in [6.07, 6.45) is 0. The molecule has 2 heterocycles. The van der Waals surface area contributed by atoms with Crippen molar-refractivity contribution in [2.75, 3.05) is 20.3 Å². The fourth-order valence-corrected chi connectivity index (χ4v) is 4.35. The Morgan fingerprint density at radius 2 is 1.95 bits per heavy atom. The number of aryl methyl sites for hydroxylation is 1. The van der Waals surface area contributed by atoms with E-state index in [1.165, 1.54) is 0 Å². The minimum atomic E-state index is 0.0152. The topological polar surface area (TPSA) is 30.5 Å². The monoisotopic (exact) mass is 387 g/mol. The highest BCUT2D eigenvalue weighted by Crippen LogP contribution is 2.42. The largest absolute Gasteiger partial charge is 0.486 e. The predicted octanol–water partition coefficient (Wildman–Crippen LogP) is 4.55. The summed E-state index contributed by atoms with van der Waals surface area (Å²) in [7, 11) is 1.93. The van der Waals surface area contributed by atoms with Crippen molar-refractivity contribution in [3.8, 4) is 11.5 Å². The van der Waals surface area contributed by atoms with E-state index in [0.717, 1.165) is 37.0 Å². The van der Waals surface area contributed by atoms with E-state index >= 15 is 0 Å². The molecule has 0 fully saturated rings. The van der Waals surface area contributed by atoms with Crippen LogP contribution < -0.4 is 14.8 Å². The quantitative estimate of drug-likeness (QED) is 0.836. The second-order valence-electron chi connectivity index (χ2n) is 4.84. The van der Waals surface area contributed by atoms with Gasteiger partial charge in [-0.15, -0.1) is 11.3 Å². The van der Waals surface area contributed by atoms with Gasteiger partial charge in [-0.3, -0.25) is 0 Å². The number of hydrogen-bond acceptors (Lipinski definition) is 4. The number of benzene rings is 1. The average molecular weight is 389 g/mol. The Balaban J connectivity index is 2.07. The first-order chi connectivity index (χ1) is 10.1. The Morgan fingerprint density at radius 3 is 2.52 bits per heavy atom. The maximum absolute atomic E-state index is 6.43. The molecule has 2 aromatic rings. The fraction of sp³-hybridized carbons (Fsp3) is 0.333. The maximum atomic E-state index is 6.43. The second-order valence-corrected chi connectivity index (χ2v) is 6.98. The van der Waals surface area contributed by atoms with Gasteiger partial charge < -0.3 is 14.8 Å². The van der Waals surface area contributed by atoms with E-state index in [-0.39, 0.29) is 6.04 Å². The third-order valence-electron chi connectivity index (χ3n) is 3.45. The first-order valence-corrected chi connectivity index (χ1v) is 8.66. The molecule has 1 unspecified atom stereocenters. The molecule has 0 bridgehead atoms. The lowest BCUT2D eigenvalue weighted by Gasteiger charge is -2.23. The van der Waals surface area contributed by atoms with Crippen LogP contribution in [0.4, 0.5) is 0 Å². The van der Waals surface area contributed by atoms with Crippen LogP contribution in [0.25, 0.3) is 0 Å². The highest BCUT2D eigenvalue weighted by Gasteiger charge is 2.23. The summed E-state index contributed by atoms with van der Waals surface area (Å²) in [5.74, 6) is 1.56. The zero-order valence-corrected chi connectivity index (χ0v) is 14.9. The van der Waals surface area contributed by atoms with Gasteiger partial charge in [0.25, 0.3) is 0 Å². The van der Waals surface area contributed by atoms with Gasteiger partial charge in [0, 0.05) is 9.35 Å². The lowest BCUT2D eigenvalue weighted by Crippen LogP contribution is -2.19. The van der Waals surface area contributed by atoms with E-state index in [9.17, 15) is 0 Å². The van der Waals surface area contributed by atoms with Crippen LogP contribution in [0.3, 0.4) is 0 Å². The predicted molar refractivity (Wildman–Crippen MR) is 90.1 cm³/mol. The van der Waals surface area contributed by atoms with Crippen molar-refractivity contribution in [2.24, 2.45) is 0 Å². The first kappa shape index (κ1) is 15.2. The minimum absolute atomic E-state index is 0.0152. The molecule has 0 radical (unpaired) electrons. The normalized spacial score (nSPS) is 15.0. The van der Waals surface area contributed by atoms with Crippen molar-refractivity contribution in [3.05, 3.63) is 43.0 Å². The van der Waals surface area contributed by atoms with Crippen molar-refractivity contribution in [1.82, 2.24) is 5.32 Å². The Labute approximate surface area is 141 Å². The van der Waals surface area contributed by atoms with Crippen LogP contribution in [0.2, 0.25) is 5.02 Å². The highest BCUT2D eigenvalue weighted by atomic mass is 79.9. The van der Waals surface area contributed by atoms with Crippen LogP contribution in [-0.2, 0) is 0 Å². The van der Waals surface area contributed by atoms with Gasteiger partial charge in [-0.25, -0.2) is 0 Å². The summed E-state index contributed by atoms with van der Waals surface area (Å²) in [6, 6.07) is 4.00. The molecular weight excluding hydrogens is 374 g/mol. The molecule has 0 aliphatic carbocycles. The SMILES string of the molecule is CNC(c1cc2c(cc1Br)OCCO2)c1scc(C)c1Cl. The molecule has 3 nitrogen and oxygen atoms in total. The van der Waals surface area contributed by atoms with Gasteiger partial charge in [0.05, 0.1) is 11.1 Å². The summed E-state index contributed by atoms with van der Waals surface area (Å²) in [5.41, 5.74) is 2.19. The van der Waals surface area contributed by atoms with Crippen molar-refractivity contribution in [3.63, 3.8) is 0 Å². The van der Waals surface area contributed by atoms with Gasteiger partial charge in [0.2, 0.25) is 0 Å². The van der Waals surface area contributed by atoms with Gasteiger partial charge in [-0.2, -0.15) is 0 Å². The van der Waals surface area contributed by atoms with Crippen LogP contribution in [0, 0.1) is 6.92 Å². The first-order valence-electron chi connectivity index (χ1n) is 6.61. The standard InChI is InChI=1S/C15H15BrClNO2S/c1-8-7-21-15(13(8)17)14(18-2)9-5-11-12(6-10(9)16)20-4-3-19-11/h5-7,14,18H,3-4H2,1-2H3. The van der Waals surface area contributed by atoms with Crippen molar-refractivity contribution in [1.29, 1.82) is 0 Å². The van der Waals surface area contributed by atoms with Crippen LogP contribution >= 0.6 is 38.9 Å². The summed E-state index contributed by atoms with van der Waals surface area (Å²) in [4.78, 5) is 1.11. The number of hydrogen-bond donors (Lipinski definition) is 1. The number of thiophene rings is 1. The van der Waals surface area contributed by atoms with Crippen LogP contribution in [0.5, 0.6) is 11.5 Å². The fourth-order valence-electron chi connectivity index (χ4n) is 2.37. The smallest absolute Gasteiger partial charge is 0.162 e. The lowest BCUT2D eigenvalue weighted by molar-refractivity contribution is 0.171. The Morgan fingerprint density at radius 1 is 1.29 bits per heavy atom. The molecule has 1 aromatic carbocycles. The molecule has 0 saturated heterocycles. The average Bonchev–Trinajstić information content (AvgIpc) is 2.81. The molecule has 0 saturated carbocycles. The molecule has 1 aliphatic heterocycles. The van der Waals surface area contributed by atoms with Crippen LogP contribution in [-0.4, -0.2) is 20.3 Å². The lowest BCUT2D eigenvalue weighted by atomic mass is 10.0. The van der Waals surface area contributed by atoms with Gasteiger partial charge in [0.1, 0.15) is 13.2 Å². The Bertz CT molecular complexity index is 674. The molecule has 0 spiro atoms. The summed E-state index contributed by atoms with van der Waals surface area (Å²) in [6.45, 7) is 3.19. The molecule has 1 atom stereocenters. The molecule has 3 rings (SSSR count). The van der Waals surface area contributed by atoms with Gasteiger partial charge in [-0.1, -0.05) is 27.5 Å². The molecular formula is C15H15BrClNO2S. The minimum Gasteiger partial charge on any atom is -0.486 e. The number of ether oxygens (including phenoxy) is 2. The summed E-state index contributed by atoms with van der Waals surface area (Å²) < 4.78 is 12.3. The van der Waals surface area contributed by atoms with Crippen molar-refractivity contribution >= 4 is 38.9 Å². The van der Waals surface area contributed by atoms with E-state index < -0.39 is 0 Å². The van der Waals surface area contributed by atoms with E-state index in [0.29, 0.717) is 13.2 Å². The van der Waals surface area contributed by atoms with Crippen LogP contribution in [0.1, 0.15) is 22.0 Å². The molecule has 1 N–H and O–H groups in total. The van der Waals surface area contributed by atoms with E-state index in [1.807, 2.05) is 26.1 Å². The van der Waals surface area contributed by atoms with E-state index in [4.69, 9.17) is 21.1 Å². The third-order valence-corrected chi connectivity index (χ3v) is 5.91. The molecule has 21 heavy (non-hydrogen) atoms. The number of fused-ring (bicyclic) bond motifs is 1. The number of halogens is 2. The van der Waals surface area contributed by atoms with Crippen molar-refractivity contribution < 1.29 is 9.47 Å². The molecule has 112 valence electrons. The van der Waals surface area contributed by atoms with Crippen LogP contribution in [0.15, 0.2) is 22.0 Å². The molecule has 0 amide bonds. The van der Waals surface area contributed by atoms with Gasteiger partial charge in [-0.05, 0) is 42.6 Å². The molecule has 1 aliphatic rings. The van der Waals surface area contributed by atoms with Gasteiger partial charge in [0.15, 0.2) is 11.5 Å². The van der Waals surface area contributed by atoms with E-state index in [1.54, 1.807) is 11.3 Å². The Hall–Kier alpha value is -0.750.